The van der Waals surface area contributed by atoms with E-state index >= 15 is 0 Å². The first-order valence-electron chi connectivity index (χ1n) is 18.6. The molecule has 0 amide bonds. The molecular weight excluding hydrogens is 759 g/mol. The molecule has 4 aromatic carbocycles. The minimum absolute atomic E-state index is 0.0860. The van der Waals surface area contributed by atoms with Crippen molar-refractivity contribution in [3.05, 3.63) is 155 Å². The summed E-state index contributed by atoms with van der Waals surface area (Å²) in [5, 5.41) is 21.9. The normalized spacial score (nSPS) is 14.0. The molecule has 8 nitrogen and oxygen atoms in total. The Morgan fingerprint density at radius 1 is 0.821 bits per heavy atom. The van der Waals surface area contributed by atoms with E-state index in [0.717, 1.165) is 48.7 Å². The number of carboxylic acids is 2. The Morgan fingerprint density at radius 3 is 2.11 bits per heavy atom. The third-order valence-corrected chi connectivity index (χ3v) is 13.3. The minimum atomic E-state index is -1.08. The number of aliphatic carboxylic acids is 1. The molecule has 284 valence electrons. The number of aromatic nitrogens is 2. The van der Waals surface area contributed by atoms with Crippen LogP contribution in [-0.2, 0) is 24.3 Å². The molecule has 0 spiro atoms. The maximum absolute atomic E-state index is 14.6. The van der Waals surface area contributed by atoms with Gasteiger partial charge in [0.15, 0.2) is 6.54 Å². The number of aryl methyl sites for hydroxylation is 2. The van der Waals surface area contributed by atoms with Crippen LogP contribution < -0.4 is 24.2 Å². The van der Waals surface area contributed by atoms with Crippen molar-refractivity contribution in [2.75, 3.05) is 11.4 Å². The van der Waals surface area contributed by atoms with E-state index in [1.54, 1.807) is 51.9 Å². The molecule has 0 unspecified atom stereocenters. The molecule has 1 aliphatic heterocycles. The van der Waals surface area contributed by atoms with Gasteiger partial charge in [0.05, 0.1) is 22.4 Å². The van der Waals surface area contributed by atoms with Gasteiger partial charge in [-0.25, -0.2) is 4.79 Å². The number of thiazole rings is 2. The van der Waals surface area contributed by atoms with Gasteiger partial charge < -0.3 is 15.1 Å². The second-order valence-electron chi connectivity index (χ2n) is 13.3. The Labute approximate surface area is 337 Å². The third kappa shape index (κ3) is 7.54. The highest BCUT2D eigenvalue weighted by Crippen LogP contribution is 2.48. The van der Waals surface area contributed by atoms with Crippen molar-refractivity contribution in [2.45, 2.75) is 58.5 Å². The largest absolute Gasteiger partial charge is 0.481 e. The van der Waals surface area contributed by atoms with Gasteiger partial charge in [0.1, 0.15) is 20.5 Å². The van der Waals surface area contributed by atoms with Crippen molar-refractivity contribution in [3.63, 3.8) is 0 Å². The summed E-state index contributed by atoms with van der Waals surface area (Å²) in [6.07, 6.45) is 4.78. The van der Waals surface area contributed by atoms with E-state index in [-0.39, 0.29) is 24.1 Å². The van der Waals surface area contributed by atoms with E-state index in [2.05, 4.69) is 37.8 Å². The van der Waals surface area contributed by atoms with Crippen LogP contribution in [0.15, 0.2) is 118 Å². The maximum Gasteiger partial charge on any atom is 0.336 e. The average molecular weight is 801 g/mol. The molecule has 1 aliphatic rings. The second kappa shape index (κ2) is 16.7. The summed E-state index contributed by atoms with van der Waals surface area (Å²) >= 11 is 4.50. The van der Waals surface area contributed by atoms with Crippen molar-refractivity contribution in [1.82, 2.24) is 4.57 Å². The summed E-state index contributed by atoms with van der Waals surface area (Å²) in [4.78, 5) is 43.7. The number of benzene rings is 4. The zero-order valence-corrected chi connectivity index (χ0v) is 34.1. The molecule has 0 radical (unpaired) electrons. The standard InChI is InChI=1S/C45H41N3O5S3/c1-5-29-25-35-36(24-28(29)4)54-37(46(35)6-2)26-34(32-20-14-15-21-33(32)45(52)53)43-44(51)47(7-3)38(56-43)27-39-48(23-22-40(49)50)41(30-16-10-8-11-17-30)42(55-39)31-18-12-9-13-19-31/h8-21,24-27H,5-7,22-23H2,1-4H3,(H-,49,50,52,53)/p+1/b37-26?,43-34-. The zero-order chi connectivity index (χ0) is 39.5. The smallest absolute Gasteiger partial charge is 0.336 e. The molecule has 0 fully saturated rings. The highest BCUT2D eigenvalue weighted by Gasteiger charge is 2.30. The monoisotopic (exact) mass is 800 g/mol. The van der Waals surface area contributed by atoms with Gasteiger partial charge in [-0.15, -0.1) is 11.3 Å². The SMILES string of the molecule is CCc1cc2c(cc1C)SC(=C/C(c1ccccc1C(=O)O)=c1/sc(=Cc3sc(-c4ccccc4)c(-c4ccccc4)[n+]3CCC(=O)O)n(CC)c1=O)N2CC. The first-order chi connectivity index (χ1) is 27.1. The molecule has 6 aromatic rings. The number of nitrogens with zero attached hydrogens (tertiary/aromatic N) is 3. The lowest BCUT2D eigenvalue weighted by Gasteiger charge is -2.20. The van der Waals surface area contributed by atoms with E-state index in [4.69, 9.17) is 0 Å². The number of hydrogen-bond acceptors (Lipinski definition) is 7. The van der Waals surface area contributed by atoms with Crippen LogP contribution in [-0.4, -0.2) is 33.3 Å². The second-order valence-corrected chi connectivity index (χ2v) is 16.4. The molecule has 7 rings (SSSR count). The van der Waals surface area contributed by atoms with Crippen LogP contribution in [0.2, 0.25) is 0 Å². The highest BCUT2D eigenvalue weighted by molar-refractivity contribution is 8.03. The van der Waals surface area contributed by atoms with Crippen LogP contribution in [0.5, 0.6) is 0 Å². The summed E-state index contributed by atoms with van der Waals surface area (Å²) in [6.45, 7) is 9.59. The van der Waals surface area contributed by atoms with Gasteiger partial charge in [0.2, 0.25) is 5.69 Å². The Hall–Kier alpha value is -5.49. The summed E-state index contributed by atoms with van der Waals surface area (Å²) in [6, 6.07) is 31.3. The van der Waals surface area contributed by atoms with Gasteiger partial charge >= 0.3 is 11.9 Å². The number of carbonyl (C=O) groups is 2. The number of thioether (sulfide) groups is 1. The Morgan fingerprint density at radius 2 is 1.48 bits per heavy atom. The number of aromatic carboxylic acids is 1. The molecule has 2 N–H and O–H groups in total. The van der Waals surface area contributed by atoms with Gasteiger partial charge in [-0.05, 0) is 85.9 Å². The van der Waals surface area contributed by atoms with Crippen LogP contribution in [0.25, 0.3) is 33.3 Å². The predicted octanol–water partition coefficient (Wildman–Crippen LogP) is 8.16. The molecule has 56 heavy (non-hydrogen) atoms. The van der Waals surface area contributed by atoms with Crippen LogP contribution in [0.3, 0.4) is 0 Å². The molecular formula is C45H42N3O5S3+. The first kappa shape index (κ1) is 38.8. The van der Waals surface area contributed by atoms with Crippen molar-refractivity contribution < 1.29 is 24.4 Å². The number of allylic oxidation sites excluding steroid dienone is 1. The average Bonchev–Trinajstić information content (AvgIpc) is 3.85. The topological polar surface area (TPSA) is 104 Å². The lowest BCUT2D eigenvalue weighted by atomic mass is 9.99. The predicted molar refractivity (Wildman–Crippen MR) is 228 cm³/mol. The lowest BCUT2D eigenvalue weighted by molar-refractivity contribution is -0.681. The summed E-state index contributed by atoms with van der Waals surface area (Å²) in [7, 11) is 0. The van der Waals surface area contributed by atoms with Crippen molar-refractivity contribution >= 4 is 63.7 Å². The highest BCUT2D eigenvalue weighted by atomic mass is 32.2. The lowest BCUT2D eigenvalue weighted by Crippen LogP contribution is -2.39. The van der Waals surface area contributed by atoms with E-state index in [9.17, 15) is 24.6 Å². The number of carboxylic acid groups (broad SMARTS) is 2. The summed E-state index contributed by atoms with van der Waals surface area (Å²) in [5.74, 6) is -1.98. The zero-order valence-electron chi connectivity index (χ0n) is 31.6. The van der Waals surface area contributed by atoms with Crippen LogP contribution >= 0.6 is 34.4 Å². The van der Waals surface area contributed by atoms with Crippen molar-refractivity contribution in [2.24, 2.45) is 0 Å². The quantitative estimate of drug-likeness (QED) is 0.121. The maximum atomic E-state index is 14.6. The van der Waals surface area contributed by atoms with Gasteiger partial charge in [0.25, 0.3) is 10.6 Å². The fourth-order valence-electron chi connectivity index (χ4n) is 7.15. The number of rotatable bonds is 12. The van der Waals surface area contributed by atoms with Crippen LogP contribution in [0.4, 0.5) is 5.69 Å². The number of anilines is 1. The number of hydrogen-bond donors (Lipinski definition) is 2. The molecule has 11 heteroatoms. The van der Waals surface area contributed by atoms with Gasteiger partial charge in [-0.3, -0.25) is 14.2 Å². The van der Waals surface area contributed by atoms with Crippen LogP contribution in [0.1, 0.15) is 59.2 Å². The number of fused-ring (bicyclic) bond motifs is 1. The van der Waals surface area contributed by atoms with Gasteiger partial charge in [-0.1, -0.05) is 96.8 Å². The van der Waals surface area contributed by atoms with E-state index in [1.807, 2.05) is 84.3 Å². The van der Waals surface area contributed by atoms with E-state index < -0.39 is 11.9 Å². The van der Waals surface area contributed by atoms with Crippen LogP contribution in [0, 0.1) is 6.92 Å². The van der Waals surface area contributed by atoms with Crippen molar-refractivity contribution in [3.8, 4) is 21.7 Å². The fraction of sp³-hybridized carbons (Fsp3) is 0.200. The third-order valence-electron chi connectivity index (χ3n) is 9.91. The Bertz CT molecular complexity index is 2680. The Balaban J connectivity index is 1.52. The van der Waals surface area contributed by atoms with Gasteiger partial charge in [-0.2, -0.15) is 4.57 Å². The fourth-order valence-corrected chi connectivity index (χ4v) is 10.9. The molecule has 0 atom stereocenters. The molecule has 0 saturated carbocycles. The van der Waals surface area contributed by atoms with E-state index in [0.29, 0.717) is 33.4 Å². The molecule has 2 aromatic heterocycles. The first-order valence-corrected chi connectivity index (χ1v) is 21.1. The summed E-state index contributed by atoms with van der Waals surface area (Å²) in [5.41, 5.74) is 7.36. The van der Waals surface area contributed by atoms with E-state index in [1.165, 1.54) is 22.5 Å². The molecule has 3 heterocycles. The minimum Gasteiger partial charge on any atom is -0.481 e. The van der Waals surface area contributed by atoms with Crippen molar-refractivity contribution in [1.29, 1.82) is 0 Å². The molecule has 0 bridgehead atoms. The summed E-state index contributed by atoms with van der Waals surface area (Å²) < 4.78 is 4.87. The van der Waals surface area contributed by atoms with Gasteiger partial charge in [0, 0.05) is 29.1 Å². The Kier molecular flexibility index (Phi) is 11.6. The molecule has 0 saturated heterocycles. The molecule has 0 aliphatic carbocycles.